The van der Waals surface area contributed by atoms with E-state index in [0.717, 1.165) is 38.7 Å². The number of halogens is 1. The first kappa shape index (κ1) is 24.9. The van der Waals surface area contributed by atoms with Crippen LogP contribution in [-0.2, 0) is 4.74 Å². The summed E-state index contributed by atoms with van der Waals surface area (Å²) in [5.41, 5.74) is 0. The molecule has 1 fully saturated rings. The van der Waals surface area contributed by atoms with Crippen LogP contribution in [0.15, 0.2) is 4.99 Å². The molecule has 150 valence electrons. The van der Waals surface area contributed by atoms with Crippen molar-refractivity contribution in [2.24, 2.45) is 10.9 Å². The summed E-state index contributed by atoms with van der Waals surface area (Å²) in [5.74, 6) is 1.51. The van der Waals surface area contributed by atoms with Gasteiger partial charge in [-0.25, -0.2) is 0 Å². The summed E-state index contributed by atoms with van der Waals surface area (Å²) in [6.07, 6.45) is 3.44. The third kappa shape index (κ3) is 13.7. The van der Waals surface area contributed by atoms with Crippen LogP contribution >= 0.6 is 24.0 Å². The standard InChI is InChI=1S/C18H39N5O.HI/c1-17(2)16-24-15-7-9-21-18(19-3)20-8-5-6-10-23-13-11-22(4)12-14-23;/h17H,5-16H2,1-4H3,(H2,19,20,21);1H. The number of likely N-dealkylation sites (N-methyl/N-ethyl adjacent to an activating group) is 1. The maximum atomic E-state index is 5.58. The zero-order valence-electron chi connectivity index (χ0n) is 16.7. The van der Waals surface area contributed by atoms with Crippen LogP contribution in [-0.4, -0.2) is 88.9 Å². The van der Waals surface area contributed by atoms with E-state index in [1.807, 2.05) is 7.05 Å². The Labute approximate surface area is 172 Å². The molecule has 7 heteroatoms. The van der Waals surface area contributed by atoms with E-state index in [-0.39, 0.29) is 24.0 Å². The Morgan fingerprint density at radius 3 is 2.28 bits per heavy atom. The molecule has 2 N–H and O–H groups in total. The average Bonchev–Trinajstić information content (AvgIpc) is 2.57. The monoisotopic (exact) mass is 469 g/mol. The van der Waals surface area contributed by atoms with Gasteiger partial charge in [0, 0.05) is 59.5 Å². The third-order valence-corrected chi connectivity index (χ3v) is 4.22. The molecular weight excluding hydrogens is 429 g/mol. The lowest BCUT2D eigenvalue weighted by Crippen LogP contribution is -2.44. The summed E-state index contributed by atoms with van der Waals surface area (Å²) < 4.78 is 5.58. The van der Waals surface area contributed by atoms with Crippen molar-refractivity contribution < 1.29 is 4.74 Å². The van der Waals surface area contributed by atoms with Gasteiger partial charge in [0.2, 0.25) is 0 Å². The maximum Gasteiger partial charge on any atom is 0.190 e. The van der Waals surface area contributed by atoms with Gasteiger partial charge in [-0.15, -0.1) is 24.0 Å². The molecule has 0 atom stereocenters. The summed E-state index contributed by atoms with van der Waals surface area (Å²) in [6, 6.07) is 0. The SMILES string of the molecule is CN=C(NCCCCN1CCN(C)CC1)NCCCOCC(C)C.I. The molecule has 0 radical (unpaired) electrons. The molecule has 1 aliphatic heterocycles. The highest BCUT2D eigenvalue weighted by Crippen LogP contribution is 2.01. The Morgan fingerprint density at radius 1 is 1.04 bits per heavy atom. The molecule has 0 aliphatic carbocycles. The van der Waals surface area contributed by atoms with Crippen LogP contribution in [0, 0.1) is 5.92 Å². The van der Waals surface area contributed by atoms with E-state index in [9.17, 15) is 0 Å². The first-order chi connectivity index (χ1) is 11.6. The lowest BCUT2D eigenvalue weighted by atomic mass is 10.2. The van der Waals surface area contributed by atoms with Gasteiger partial charge in [-0.2, -0.15) is 0 Å². The van der Waals surface area contributed by atoms with E-state index in [2.05, 4.69) is 46.3 Å². The lowest BCUT2D eigenvalue weighted by molar-refractivity contribution is 0.108. The van der Waals surface area contributed by atoms with Crippen molar-refractivity contribution in [3.05, 3.63) is 0 Å². The van der Waals surface area contributed by atoms with E-state index in [0.29, 0.717) is 5.92 Å². The minimum absolute atomic E-state index is 0. The third-order valence-electron chi connectivity index (χ3n) is 4.22. The predicted molar refractivity (Wildman–Crippen MR) is 118 cm³/mol. The molecule has 1 rings (SSSR count). The highest BCUT2D eigenvalue weighted by Gasteiger charge is 2.12. The lowest BCUT2D eigenvalue weighted by Gasteiger charge is -2.32. The second-order valence-electron chi connectivity index (χ2n) is 7.10. The smallest absolute Gasteiger partial charge is 0.190 e. The molecule has 1 heterocycles. The largest absolute Gasteiger partial charge is 0.381 e. The summed E-state index contributed by atoms with van der Waals surface area (Å²) >= 11 is 0. The van der Waals surface area contributed by atoms with Gasteiger partial charge in [-0.05, 0) is 38.8 Å². The van der Waals surface area contributed by atoms with Gasteiger partial charge in [-0.3, -0.25) is 4.99 Å². The normalized spacial score (nSPS) is 16.8. The van der Waals surface area contributed by atoms with Crippen LogP contribution in [0.25, 0.3) is 0 Å². The van der Waals surface area contributed by atoms with Crippen LogP contribution in [0.5, 0.6) is 0 Å². The Kier molecular flexibility index (Phi) is 16.0. The second-order valence-corrected chi connectivity index (χ2v) is 7.10. The first-order valence-electron chi connectivity index (χ1n) is 9.55. The van der Waals surface area contributed by atoms with Crippen molar-refractivity contribution in [2.75, 3.05) is 73.1 Å². The molecule has 0 saturated carbocycles. The summed E-state index contributed by atoms with van der Waals surface area (Å²) in [5, 5.41) is 6.74. The Morgan fingerprint density at radius 2 is 1.68 bits per heavy atom. The highest BCUT2D eigenvalue weighted by atomic mass is 127. The Balaban J connectivity index is 0.00000576. The molecular formula is C18H40IN5O. The van der Waals surface area contributed by atoms with Gasteiger partial charge >= 0.3 is 0 Å². The van der Waals surface area contributed by atoms with E-state index < -0.39 is 0 Å². The predicted octanol–water partition coefficient (Wildman–Crippen LogP) is 1.86. The maximum absolute atomic E-state index is 5.58. The van der Waals surface area contributed by atoms with Gasteiger partial charge in [0.05, 0.1) is 0 Å². The summed E-state index contributed by atoms with van der Waals surface area (Å²) in [4.78, 5) is 9.25. The number of ether oxygens (including phenoxy) is 1. The molecule has 6 nitrogen and oxygen atoms in total. The number of piperazine rings is 1. The first-order valence-corrected chi connectivity index (χ1v) is 9.55. The van der Waals surface area contributed by atoms with Crippen molar-refractivity contribution >= 4 is 29.9 Å². The number of nitrogens with one attached hydrogen (secondary N) is 2. The summed E-state index contributed by atoms with van der Waals surface area (Å²) in [7, 11) is 4.03. The van der Waals surface area contributed by atoms with Crippen LogP contribution in [0.1, 0.15) is 33.1 Å². The zero-order valence-corrected chi connectivity index (χ0v) is 19.1. The average molecular weight is 469 g/mol. The molecule has 0 spiro atoms. The fourth-order valence-corrected chi connectivity index (χ4v) is 2.66. The molecule has 1 saturated heterocycles. The Hall–Kier alpha value is -0.120. The number of rotatable bonds is 11. The number of guanidine groups is 1. The minimum atomic E-state index is 0. The molecule has 0 unspecified atom stereocenters. The molecule has 0 bridgehead atoms. The van der Waals surface area contributed by atoms with Gasteiger partial charge in [0.25, 0.3) is 0 Å². The number of hydrogen-bond acceptors (Lipinski definition) is 4. The number of unbranched alkanes of at least 4 members (excludes halogenated alkanes) is 1. The quantitative estimate of drug-likeness (QED) is 0.210. The van der Waals surface area contributed by atoms with Gasteiger partial charge in [-0.1, -0.05) is 13.8 Å². The van der Waals surface area contributed by atoms with E-state index in [1.54, 1.807) is 0 Å². The highest BCUT2D eigenvalue weighted by molar-refractivity contribution is 14.0. The van der Waals surface area contributed by atoms with Gasteiger partial charge in [0.15, 0.2) is 5.96 Å². The van der Waals surface area contributed by atoms with Crippen LogP contribution in [0.2, 0.25) is 0 Å². The number of hydrogen-bond donors (Lipinski definition) is 2. The molecule has 25 heavy (non-hydrogen) atoms. The van der Waals surface area contributed by atoms with E-state index in [4.69, 9.17) is 4.74 Å². The van der Waals surface area contributed by atoms with Crippen LogP contribution in [0.3, 0.4) is 0 Å². The molecule has 0 aromatic carbocycles. The van der Waals surface area contributed by atoms with Gasteiger partial charge in [0.1, 0.15) is 0 Å². The fourth-order valence-electron chi connectivity index (χ4n) is 2.66. The van der Waals surface area contributed by atoms with Crippen LogP contribution in [0.4, 0.5) is 0 Å². The topological polar surface area (TPSA) is 52.1 Å². The second kappa shape index (κ2) is 16.1. The Bertz CT molecular complexity index is 333. The number of nitrogens with zero attached hydrogens (tertiary/aromatic N) is 3. The van der Waals surface area contributed by atoms with E-state index in [1.165, 1.54) is 45.6 Å². The minimum Gasteiger partial charge on any atom is -0.381 e. The van der Waals surface area contributed by atoms with Crippen molar-refractivity contribution in [3.63, 3.8) is 0 Å². The van der Waals surface area contributed by atoms with Gasteiger partial charge < -0.3 is 25.2 Å². The number of aliphatic imine (C=N–C) groups is 1. The van der Waals surface area contributed by atoms with Crippen molar-refractivity contribution in [2.45, 2.75) is 33.1 Å². The van der Waals surface area contributed by atoms with Crippen molar-refractivity contribution in [1.82, 2.24) is 20.4 Å². The van der Waals surface area contributed by atoms with Crippen molar-refractivity contribution in [1.29, 1.82) is 0 Å². The molecule has 1 aliphatic rings. The fraction of sp³-hybridized carbons (Fsp3) is 0.944. The van der Waals surface area contributed by atoms with E-state index >= 15 is 0 Å². The zero-order chi connectivity index (χ0) is 17.6. The summed E-state index contributed by atoms with van der Waals surface area (Å²) in [6.45, 7) is 13.9. The molecule has 0 aromatic heterocycles. The van der Waals surface area contributed by atoms with Crippen molar-refractivity contribution in [3.8, 4) is 0 Å². The molecule has 0 aromatic rings. The molecule has 0 amide bonds. The van der Waals surface area contributed by atoms with Crippen LogP contribution < -0.4 is 10.6 Å².